The molecule has 0 fully saturated rings. The highest BCUT2D eigenvalue weighted by Crippen LogP contribution is 2.58. The van der Waals surface area contributed by atoms with Gasteiger partial charge in [0, 0.05) is 50.8 Å². The molecule has 1 N–H and O–H groups in total. The zero-order valence-electron chi connectivity index (χ0n) is 78.2. The van der Waals surface area contributed by atoms with Gasteiger partial charge >= 0.3 is 0 Å². The van der Waals surface area contributed by atoms with Gasteiger partial charge in [-0.05, 0) is 292 Å². The average molecular weight is 1810 g/mol. The molecule has 25 rings (SSSR count). The van der Waals surface area contributed by atoms with Crippen LogP contribution in [-0.2, 0) is 0 Å². The number of hydrogen-bond acceptors (Lipinski definition) is 3. The molecule has 0 bridgehead atoms. The van der Waals surface area contributed by atoms with Crippen molar-refractivity contribution in [3.8, 4) is 189 Å². The Morgan fingerprint density at radius 1 is 0.169 bits per heavy atom. The van der Waals surface area contributed by atoms with Gasteiger partial charge in [0.1, 0.15) is 0 Å². The van der Waals surface area contributed by atoms with Crippen molar-refractivity contribution in [2.24, 2.45) is 0 Å². The Bertz CT molecular complexity index is 8170. The first-order valence-electron chi connectivity index (χ1n) is 49.0. The molecule has 0 unspecified atom stereocenters. The Morgan fingerprint density at radius 3 is 0.746 bits per heavy atom. The van der Waals surface area contributed by atoms with Gasteiger partial charge < -0.3 is 15.1 Å². The molecule has 0 saturated carbocycles. The lowest BCUT2D eigenvalue weighted by Gasteiger charge is -2.44. The standard InChI is InChI=1S/C138H94BN3/c1-13-37-94(38-14-1)102-61-65-104(66-62-102)106-69-75-122(76-70-106)141(123-77-71-107(72-78-123)105-67-63-103(64-68-105)95-39-15-2-16-40-95)132-93-133-136-137(135(132)121-89-124(108-53-29-9-30-54-108)134(125(90-121)109-55-31-10-32-56-109)120-85-116(100-49-25-7-26-50-100)82-117(86-120)101-51-27-8-28-52-101)140-130-79-73-112(96-41-17-3-18-42-96)91-128(130)139(136)129-92-113(97-43-19-4-20-44-97)74-80-131(129)142(133)138-126(110-57-33-11-34-58-110)87-119(88-127(138)111-59-35-12-36-60-111)118-83-114(98-45-21-5-22-46-98)81-115(84-118)99-47-23-6-24-48-99/h1-93,140H. The minimum Gasteiger partial charge on any atom is -0.356 e. The van der Waals surface area contributed by atoms with E-state index in [0.717, 1.165) is 218 Å². The molecule has 0 aliphatic carbocycles. The summed E-state index contributed by atoms with van der Waals surface area (Å²) in [5.41, 5.74) is 49.3. The van der Waals surface area contributed by atoms with Crippen LogP contribution in [0.2, 0.25) is 0 Å². The molecule has 664 valence electrons. The van der Waals surface area contributed by atoms with Gasteiger partial charge in [-0.2, -0.15) is 0 Å². The second-order valence-electron chi connectivity index (χ2n) is 37.0. The molecule has 4 heteroatoms. The van der Waals surface area contributed by atoms with Crippen LogP contribution in [-0.4, -0.2) is 6.71 Å². The number of rotatable bonds is 21. The third-order valence-corrected chi connectivity index (χ3v) is 28.4. The maximum atomic E-state index is 4.59. The topological polar surface area (TPSA) is 18.5 Å². The van der Waals surface area contributed by atoms with Crippen molar-refractivity contribution in [1.29, 1.82) is 0 Å². The number of anilines is 8. The van der Waals surface area contributed by atoms with E-state index in [-0.39, 0.29) is 0 Å². The Kier molecular flexibility index (Phi) is 22.5. The average Bonchev–Trinajstić information content (AvgIpc) is 0.686. The Hall–Kier alpha value is -18.5. The Balaban J connectivity index is 0.834. The summed E-state index contributed by atoms with van der Waals surface area (Å²) in [4.78, 5) is 5.27. The van der Waals surface area contributed by atoms with Crippen molar-refractivity contribution in [3.05, 3.63) is 564 Å². The van der Waals surface area contributed by atoms with Crippen molar-refractivity contribution in [2.75, 3.05) is 15.1 Å². The van der Waals surface area contributed by atoms with Gasteiger partial charge in [-0.15, -0.1) is 0 Å². The monoisotopic (exact) mass is 1800 g/mol. The third kappa shape index (κ3) is 16.5. The highest BCUT2D eigenvalue weighted by molar-refractivity contribution is 7.00. The highest BCUT2D eigenvalue weighted by Gasteiger charge is 2.45. The predicted octanol–water partition coefficient (Wildman–Crippen LogP) is 35.9. The first-order valence-corrected chi connectivity index (χ1v) is 49.0. The number of hydrogen-bond donors (Lipinski definition) is 1. The summed E-state index contributed by atoms with van der Waals surface area (Å²) in [7, 11) is 0. The van der Waals surface area contributed by atoms with Crippen molar-refractivity contribution < 1.29 is 0 Å². The van der Waals surface area contributed by atoms with Crippen molar-refractivity contribution in [1.82, 2.24) is 0 Å². The first kappa shape index (κ1) is 85.2. The van der Waals surface area contributed by atoms with E-state index in [1.807, 2.05) is 0 Å². The zero-order chi connectivity index (χ0) is 94.2. The van der Waals surface area contributed by atoms with E-state index in [0.29, 0.717) is 0 Å². The van der Waals surface area contributed by atoms with E-state index in [1.165, 1.54) is 33.2 Å². The minimum atomic E-state index is -0.392. The molecule has 0 aromatic heterocycles. The van der Waals surface area contributed by atoms with Crippen molar-refractivity contribution in [3.63, 3.8) is 0 Å². The molecular weight excluding hydrogens is 1710 g/mol. The molecule has 3 nitrogen and oxygen atoms in total. The SMILES string of the molecule is c1ccc(-c2ccc(-c3ccc(N(c4ccc(-c5ccc(-c6ccccc6)cc5)cc4)c4cc5c6c(c4-c4cc(-c7ccccc7)c(-c7cc(-c8ccccc8)cc(-c8ccccc8)c7)c(-c7ccccc7)c4)Nc4ccc(-c7ccccc7)cc4B6c4cc(-c6ccccc6)ccc4N5c4c(-c5ccccc5)cc(-c5cc(-c6ccccc6)cc(-c6ccccc6)c5)cc4-c4ccccc4)cc3)cc2)cc1. The zero-order valence-corrected chi connectivity index (χ0v) is 78.2. The number of nitrogens with zero attached hydrogens (tertiary/aromatic N) is 2. The lowest BCUT2D eigenvalue weighted by atomic mass is 9.33. The molecule has 0 atom stereocenters. The summed E-state index contributed by atoms with van der Waals surface area (Å²) in [5, 5.41) is 4.59. The molecule has 23 aromatic carbocycles. The number of fused-ring (bicyclic) bond motifs is 4. The molecule has 2 heterocycles. The third-order valence-electron chi connectivity index (χ3n) is 28.4. The van der Waals surface area contributed by atoms with Crippen LogP contribution >= 0.6 is 0 Å². The van der Waals surface area contributed by atoms with E-state index in [4.69, 9.17) is 0 Å². The van der Waals surface area contributed by atoms with Crippen molar-refractivity contribution in [2.45, 2.75) is 0 Å². The van der Waals surface area contributed by atoms with E-state index in [1.54, 1.807) is 0 Å². The van der Waals surface area contributed by atoms with Crippen LogP contribution in [0.15, 0.2) is 564 Å². The van der Waals surface area contributed by atoms with Crippen LogP contribution in [0.3, 0.4) is 0 Å². The van der Waals surface area contributed by atoms with Crippen LogP contribution < -0.4 is 31.5 Å². The molecule has 0 amide bonds. The van der Waals surface area contributed by atoms with E-state index >= 15 is 0 Å². The van der Waals surface area contributed by atoms with Gasteiger partial charge in [-0.25, -0.2) is 0 Å². The fourth-order valence-electron chi connectivity index (χ4n) is 21.5. The van der Waals surface area contributed by atoms with Gasteiger partial charge in [-0.3, -0.25) is 0 Å². The number of nitrogens with one attached hydrogen (secondary N) is 1. The van der Waals surface area contributed by atoms with Crippen molar-refractivity contribution >= 4 is 68.6 Å². The molecule has 0 radical (unpaired) electrons. The fraction of sp³-hybridized carbons (Fsp3) is 0. The lowest BCUT2D eigenvalue weighted by molar-refractivity contribution is 1.25. The normalized spacial score (nSPS) is 11.7. The Morgan fingerprint density at radius 2 is 0.408 bits per heavy atom. The molecular formula is C138H94BN3. The van der Waals surface area contributed by atoms with Gasteiger partial charge in [0.15, 0.2) is 0 Å². The first-order chi connectivity index (χ1) is 70.4. The molecule has 23 aromatic rings. The van der Waals surface area contributed by atoms with Gasteiger partial charge in [0.05, 0.1) is 11.4 Å². The summed E-state index contributed by atoms with van der Waals surface area (Å²) >= 11 is 0. The lowest BCUT2D eigenvalue weighted by Crippen LogP contribution is -2.60. The highest BCUT2D eigenvalue weighted by atomic mass is 15.2. The maximum Gasteiger partial charge on any atom is 0.252 e. The molecule has 2 aliphatic heterocycles. The second-order valence-corrected chi connectivity index (χ2v) is 37.0. The fourth-order valence-corrected chi connectivity index (χ4v) is 21.5. The summed E-state index contributed by atoms with van der Waals surface area (Å²) in [6.07, 6.45) is 0. The summed E-state index contributed by atoms with van der Waals surface area (Å²) in [5.74, 6) is 0. The molecule has 0 saturated heterocycles. The van der Waals surface area contributed by atoms with E-state index in [9.17, 15) is 0 Å². The molecule has 142 heavy (non-hydrogen) atoms. The van der Waals surface area contributed by atoms with Crippen LogP contribution in [0, 0.1) is 0 Å². The molecule has 2 aliphatic rings. The minimum absolute atomic E-state index is 0.392. The van der Waals surface area contributed by atoms with Crippen LogP contribution in [0.5, 0.6) is 0 Å². The quantitative estimate of drug-likeness (QED) is 0.0724. The number of benzene rings is 23. The second kappa shape index (κ2) is 37.5. The summed E-state index contributed by atoms with van der Waals surface area (Å²) in [6, 6.07) is 210. The Labute approximate surface area is 831 Å². The van der Waals surface area contributed by atoms with Gasteiger partial charge in [-0.1, -0.05) is 461 Å². The van der Waals surface area contributed by atoms with Gasteiger partial charge in [0.2, 0.25) is 0 Å². The maximum absolute atomic E-state index is 4.59. The predicted molar refractivity (Wildman–Crippen MR) is 603 cm³/mol. The molecule has 0 spiro atoms. The van der Waals surface area contributed by atoms with Gasteiger partial charge in [0.25, 0.3) is 6.71 Å². The smallest absolute Gasteiger partial charge is 0.252 e. The summed E-state index contributed by atoms with van der Waals surface area (Å²) in [6.45, 7) is -0.392. The van der Waals surface area contributed by atoms with E-state index in [2.05, 4.69) is 579 Å². The van der Waals surface area contributed by atoms with Crippen LogP contribution in [0.25, 0.3) is 189 Å². The summed E-state index contributed by atoms with van der Waals surface area (Å²) < 4.78 is 0. The van der Waals surface area contributed by atoms with Crippen LogP contribution in [0.4, 0.5) is 45.5 Å². The van der Waals surface area contributed by atoms with E-state index < -0.39 is 6.71 Å². The largest absolute Gasteiger partial charge is 0.356 e. The van der Waals surface area contributed by atoms with Crippen LogP contribution in [0.1, 0.15) is 0 Å².